The SMILES string of the molecule is CCc1ccccc1O[C@H](C)C(=O)N1CCc2ccccc2C1. The van der Waals surface area contributed by atoms with Crippen molar-refractivity contribution in [3.05, 3.63) is 65.2 Å². The van der Waals surface area contributed by atoms with E-state index in [1.807, 2.05) is 42.2 Å². The third-order valence-corrected chi connectivity index (χ3v) is 4.45. The monoisotopic (exact) mass is 309 g/mol. The maximum Gasteiger partial charge on any atom is 0.263 e. The summed E-state index contributed by atoms with van der Waals surface area (Å²) in [4.78, 5) is 14.6. The number of para-hydroxylation sites is 1. The molecule has 120 valence electrons. The van der Waals surface area contributed by atoms with Gasteiger partial charge in [0, 0.05) is 13.1 Å². The molecular formula is C20H23NO2. The van der Waals surface area contributed by atoms with Gasteiger partial charge in [-0.2, -0.15) is 0 Å². The van der Waals surface area contributed by atoms with E-state index in [0.29, 0.717) is 6.54 Å². The van der Waals surface area contributed by atoms with Gasteiger partial charge in [0.15, 0.2) is 6.10 Å². The van der Waals surface area contributed by atoms with Crippen molar-refractivity contribution in [2.45, 2.75) is 39.3 Å². The Morgan fingerprint density at radius 2 is 1.83 bits per heavy atom. The second-order valence-corrected chi connectivity index (χ2v) is 6.00. The zero-order chi connectivity index (χ0) is 16.2. The molecule has 1 heterocycles. The summed E-state index contributed by atoms with van der Waals surface area (Å²) in [5.74, 6) is 0.874. The molecule has 0 aliphatic carbocycles. The van der Waals surface area contributed by atoms with Crippen LogP contribution in [0, 0.1) is 0 Å². The highest BCUT2D eigenvalue weighted by Crippen LogP contribution is 2.22. The number of amides is 1. The fraction of sp³-hybridized carbons (Fsp3) is 0.350. The number of carbonyl (C=O) groups excluding carboxylic acids is 1. The van der Waals surface area contributed by atoms with Gasteiger partial charge < -0.3 is 9.64 Å². The smallest absolute Gasteiger partial charge is 0.263 e. The molecule has 0 aromatic heterocycles. The van der Waals surface area contributed by atoms with Gasteiger partial charge in [0.25, 0.3) is 5.91 Å². The molecule has 0 saturated carbocycles. The van der Waals surface area contributed by atoms with E-state index in [1.54, 1.807) is 0 Å². The minimum atomic E-state index is -0.465. The van der Waals surface area contributed by atoms with E-state index < -0.39 is 6.10 Å². The number of ether oxygens (including phenoxy) is 1. The lowest BCUT2D eigenvalue weighted by Gasteiger charge is -2.31. The van der Waals surface area contributed by atoms with Gasteiger partial charge in [-0.05, 0) is 42.5 Å². The molecule has 0 unspecified atom stereocenters. The summed E-state index contributed by atoms with van der Waals surface area (Å²) < 4.78 is 5.95. The van der Waals surface area contributed by atoms with Gasteiger partial charge in [-0.15, -0.1) is 0 Å². The Kier molecular flexibility index (Phi) is 4.65. The first-order chi connectivity index (χ1) is 11.2. The molecule has 0 radical (unpaired) electrons. The molecular weight excluding hydrogens is 286 g/mol. The van der Waals surface area contributed by atoms with E-state index in [-0.39, 0.29) is 5.91 Å². The largest absolute Gasteiger partial charge is 0.481 e. The molecule has 23 heavy (non-hydrogen) atoms. The van der Waals surface area contributed by atoms with Crippen LogP contribution < -0.4 is 4.74 Å². The van der Waals surface area contributed by atoms with E-state index >= 15 is 0 Å². The summed E-state index contributed by atoms with van der Waals surface area (Å²) in [6, 6.07) is 16.3. The topological polar surface area (TPSA) is 29.5 Å². The fourth-order valence-electron chi connectivity index (χ4n) is 3.09. The molecule has 0 N–H and O–H groups in total. The first-order valence-electron chi connectivity index (χ1n) is 8.29. The van der Waals surface area contributed by atoms with Crippen molar-refractivity contribution in [3.63, 3.8) is 0 Å². The summed E-state index contributed by atoms with van der Waals surface area (Å²) in [5, 5.41) is 0. The lowest BCUT2D eigenvalue weighted by atomic mass is 9.99. The van der Waals surface area contributed by atoms with Crippen molar-refractivity contribution in [1.82, 2.24) is 4.90 Å². The number of benzene rings is 2. The first-order valence-corrected chi connectivity index (χ1v) is 8.29. The van der Waals surface area contributed by atoms with E-state index in [9.17, 15) is 4.79 Å². The number of aryl methyl sites for hydroxylation is 1. The quantitative estimate of drug-likeness (QED) is 0.863. The highest BCUT2D eigenvalue weighted by Gasteiger charge is 2.26. The van der Waals surface area contributed by atoms with Gasteiger partial charge in [-0.25, -0.2) is 0 Å². The molecule has 0 spiro atoms. The van der Waals surface area contributed by atoms with Crippen LogP contribution in [0.4, 0.5) is 0 Å². The van der Waals surface area contributed by atoms with Crippen LogP contribution in [0.15, 0.2) is 48.5 Å². The van der Waals surface area contributed by atoms with Crippen molar-refractivity contribution >= 4 is 5.91 Å². The second-order valence-electron chi connectivity index (χ2n) is 6.00. The molecule has 1 aliphatic heterocycles. The molecule has 3 heteroatoms. The Morgan fingerprint density at radius 1 is 1.13 bits per heavy atom. The summed E-state index contributed by atoms with van der Waals surface area (Å²) in [7, 11) is 0. The normalized spacial score (nSPS) is 15.0. The van der Waals surface area contributed by atoms with Crippen molar-refractivity contribution < 1.29 is 9.53 Å². The molecule has 3 rings (SSSR count). The van der Waals surface area contributed by atoms with E-state index in [1.165, 1.54) is 11.1 Å². The maximum atomic E-state index is 12.7. The molecule has 0 bridgehead atoms. The lowest BCUT2D eigenvalue weighted by molar-refractivity contribution is -0.138. The molecule has 1 amide bonds. The van der Waals surface area contributed by atoms with Gasteiger partial charge in [0.05, 0.1) is 0 Å². The van der Waals surface area contributed by atoms with Crippen LogP contribution in [-0.2, 0) is 24.2 Å². The van der Waals surface area contributed by atoms with Crippen molar-refractivity contribution in [3.8, 4) is 5.75 Å². The fourth-order valence-corrected chi connectivity index (χ4v) is 3.09. The molecule has 0 fully saturated rings. The Bertz CT molecular complexity index is 696. The summed E-state index contributed by atoms with van der Waals surface area (Å²) in [5.41, 5.74) is 3.73. The van der Waals surface area contributed by atoms with Gasteiger partial charge in [-0.3, -0.25) is 4.79 Å². The third-order valence-electron chi connectivity index (χ3n) is 4.45. The van der Waals surface area contributed by atoms with Gasteiger partial charge in [0.1, 0.15) is 5.75 Å². The van der Waals surface area contributed by atoms with Crippen LogP contribution in [0.5, 0.6) is 5.75 Å². The average Bonchev–Trinajstić information content (AvgIpc) is 2.61. The van der Waals surface area contributed by atoms with E-state index in [4.69, 9.17) is 4.74 Å². The summed E-state index contributed by atoms with van der Waals surface area (Å²) in [6.07, 6.45) is 1.35. The van der Waals surface area contributed by atoms with Crippen LogP contribution in [-0.4, -0.2) is 23.5 Å². The minimum absolute atomic E-state index is 0.0606. The second kappa shape index (κ2) is 6.86. The Hall–Kier alpha value is -2.29. The van der Waals surface area contributed by atoms with Crippen LogP contribution in [0.1, 0.15) is 30.5 Å². The van der Waals surface area contributed by atoms with Gasteiger partial charge in [0.2, 0.25) is 0 Å². The molecule has 3 nitrogen and oxygen atoms in total. The van der Waals surface area contributed by atoms with Crippen molar-refractivity contribution in [1.29, 1.82) is 0 Å². The first kappa shape index (κ1) is 15.6. The molecule has 0 saturated heterocycles. The maximum absolute atomic E-state index is 12.7. The Balaban J connectivity index is 1.69. The number of hydrogen-bond donors (Lipinski definition) is 0. The third kappa shape index (κ3) is 3.39. The predicted octanol–water partition coefficient (Wildman–Crippen LogP) is 3.60. The minimum Gasteiger partial charge on any atom is -0.481 e. The summed E-state index contributed by atoms with van der Waals surface area (Å²) in [6.45, 7) is 5.38. The zero-order valence-electron chi connectivity index (χ0n) is 13.8. The molecule has 2 aromatic rings. The summed E-state index contributed by atoms with van der Waals surface area (Å²) >= 11 is 0. The van der Waals surface area contributed by atoms with Gasteiger partial charge in [-0.1, -0.05) is 49.4 Å². The lowest BCUT2D eigenvalue weighted by Crippen LogP contribution is -2.43. The number of rotatable bonds is 4. The van der Waals surface area contributed by atoms with Crippen LogP contribution in [0.3, 0.4) is 0 Å². The zero-order valence-corrected chi connectivity index (χ0v) is 13.8. The number of nitrogens with zero attached hydrogens (tertiary/aromatic N) is 1. The Labute approximate surface area is 137 Å². The molecule has 2 aromatic carbocycles. The van der Waals surface area contributed by atoms with Gasteiger partial charge >= 0.3 is 0 Å². The van der Waals surface area contributed by atoms with Crippen LogP contribution in [0.25, 0.3) is 0 Å². The average molecular weight is 309 g/mol. The van der Waals surface area contributed by atoms with Crippen LogP contribution in [0.2, 0.25) is 0 Å². The Morgan fingerprint density at radius 3 is 2.61 bits per heavy atom. The van der Waals surface area contributed by atoms with E-state index in [0.717, 1.165) is 30.7 Å². The van der Waals surface area contributed by atoms with E-state index in [2.05, 4.69) is 25.1 Å². The van der Waals surface area contributed by atoms with Crippen LogP contribution >= 0.6 is 0 Å². The number of fused-ring (bicyclic) bond motifs is 1. The highest BCUT2D eigenvalue weighted by atomic mass is 16.5. The molecule has 1 atom stereocenters. The molecule has 1 aliphatic rings. The number of carbonyl (C=O) groups is 1. The number of hydrogen-bond acceptors (Lipinski definition) is 2. The highest BCUT2D eigenvalue weighted by molar-refractivity contribution is 5.81. The standard InChI is InChI=1S/C20H23NO2/c1-3-16-8-6-7-11-19(16)23-15(2)20(22)21-13-12-17-9-4-5-10-18(17)14-21/h4-11,15H,3,12-14H2,1-2H3/t15-/m1/s1. The predicted molar refractivity (Wildman–Crippen MR) is 91.5 cm³/mol. The van der Waals surface area contributed by atoms with Crippen molar-refractivity contribution in [2.24, 2.45) is 0 Å². The van der Waals surface area contributed by atoms with Crippen molar-refractivity contribution in [2.75, 3.05) is 6.54 Å².